The van der Waals surface area contributed by atoms with Crippen molar-refractivity contribution in [3.8, 4) is 23.3 Å². The van der Waals surface area contributed by atoms with E-state index in [9.17, 15) is 0 Å². The molecular formula is C16H10I2N2O2. The van der Waals surface area contributed by atoms with Crippen molar-refractivity contribution in [3.63, 3.8) is 0 Å². The molecule has 0 aliphatic heterocycles. The van der Waals surface area contributed by atoms with Crippen LogP contribution in [0.1, 0.15) is 0 Å². The van der Waals surface area contributed by atoms with Crippen LogP contribution in [0.15, 0.2) is 60.9 Å². The van der Waals surface area contributed by atoms with Crippen LogP contribution in [0.4, 0.5) is 0 Å². The summed E-state index contributed by atoms with van der Waals surface area (Å²) in [6.45, 7) is 0. The summed E-state index contributed by atoms with van der Waals surface area (Å²) in [4.78, 5) is 8.45. The lowest BCUT2D eigenvalue weighted by molar-refractivity contribution is 0.419. The van der Waals surface area contributed by atoms with Gasteiger partial charge in [-0.25, -0.2) is 0 Å². The Bertz CT molecular complexity index is 734. The van der Waals surface area contributed by atoms with Gasteiger partial charge in [0.25, 0.3) is 0 Å². The van der Waals surface area contributed by atoms with E-state index in [1.54, 1.807) is 12.4 Å². The third-order valence-corrected chi connectivity index (χ3v) is 4.48. The van der Waals surface area contributed by atoms with Gasteiger partial charge in [0.05, 0.1) is 19.5 Å². The molecule has 110 valence electrons. The quantitative estimate of drug-likeness (QED) is 0.444. The summed E-state index contributed by atoms with van der Waals surface area (Å²) in [6.07, 6.45) is 3.12. The van der Waals surface area contributed by atoms with Gasteiger partial charge in [0.15, 0.2) is 0 Å². The van der Waals surface area contributed by atoms with Gasteiger partial charge in [-0.15, -0.1) is 0 Å². The standard InChI is InChI=1S/C16H10I2N2O2/c17-11-5-1-3-7-13(11)21-15-9-19-10-16(20-15)22-14-8-4-2-6-12(14)18/h1-10H. The first-order chi connectivity index (χ1) is 10.7. The van der Waals surface area contributed by atoms with Crippen molar-refractivity contribution in [2.45, 2.75) is 0 Å². The molecule has 0 unspecified atom stereocenters. The lowest BCUT2D eigenvalue weighted by atomic mass is 10.3. The Morgan fingerprint density at radius 1 is 0.682 bits per heavy atom. The van der Waals surface area contributed by atoms with Gasteiger partial charge < -0.3 is 9.47 Å². The molecule has 3 rings (SSSR count). The molecule has 0 bridgehead atoms. The SMILES string of the molecule is Ic1ccccc1Oc1cncc(Oc2ccccc2I)n1. The maximum atomic E-state index is 5.75. The monoisotopic (exact) mass is 516 g/mol. The summed E-state index contributed by atoms with van der Waals surface area (Å²) < 4.78 is 13.5. The highest BCUT2D eigenvalue weighted by Gasteiger charge is 2.07. The highest BCUT2D eigenvalue weighted by atomic mass is 127. The normalized spacial score (nSPS) is 10.3. The van der Waals surface area contributed by atoms with Crippen molar-refractivity contribution in [1.29, 1.82) is 0 Å². The molecule has 0 N–H and O–H groups in total. The molecule has 3 aromatic rings. The van der Waals surface area contributed by atoms with E-state index in [0.717, 1.165) is 18.6 Å². The molecule has 0 atom stereocenters. The number of hydrogen-bond donors (Lipinski definition) is 0. The predicted octanol–water partition coefficient (Wildman–Crippen LogP) is 5.27. The average molecular weight is 516 g/mol. The van der Waals surface area contributed by atoms with E-state index >= 15 is 0 Å². The fraction of sp³-hybridized carbons (Fsp3) is 0. The van der Waals surface area contributed by atoms with Gasteiger partial charge in [0.2, 0.25) is 11.8 Å². The minimum Gasteiger partial charge on any atom is -0.436 e. The minimum absolute atomic E-state index is 0.396. The fourth-order valence-electron chi connectivity index (χ4n) is 1.71. The summed E-state index contributed by atoms with van der Waals surface area (Å²) in [5.41, 5.74) is 0. The molecular weight excluding hydrogens is 506 g/mol. The number of nitrogens with zero attached hydrogens (tertiary/aromatic N) is 2. The van der Waals surface area contributed by atoms with Gasteiger partial charge in [-0.1, -0.05) is 24.3 Å². The molecule has 22 heavy (non-hydrogen) atoms. The van der Waals surface area contributed by atoms with Crippen LogP contribution in [-0.2, 0) is 0 Å². The maximum absolute atomic E-state index is 5.75. The van der Waals surface area contributed by atoms with Crippen molar-refractivity contribution >= 4 is 45.2 Å². The summed E-state index contributed by atoms with van der Waals surface area (Å²) >= 11 is 4.43. The lowest BCUT2D eigenvalue weighted by Gasteiger charge is -2.09. The number of halogens is 2. The number of hydrogen-bond acceptors (Lipinski definition) is 4. The highest BCUT2D eigenvalue weighted by molar-refractivity contribution is 14.1. The zero-order valence-electron chi connectivity index (χ0n) is 11.2. The van der Waals surface area contributed by atoms with E-state index < -0.39 is 0 Å². The molecule has 0 saturated heterocycles. The molecule has 0 aliphatic rings. The third kappa shape index (κ3) is 3.86. The van der Waals surface area contributed by atoms with Crippen molar-refractivity contribution in [3.05, 3.63) is 68.1 Å². The van der Waals surface area contributed by atoms with Crippen LogP contribution in [0.5, 0.6) is 23.3 Å². The maximum Gasteiger partial charge on any atom is 0.241 e. The highest BCUT2D eigenvalue weighted by Crippen LogP contribution is 2.28. The van der Waals surface area contributed by atoms with Crippen LogP contribution in [-0.4, -0.2) is 9.97 Å². The summed E-state index contributed by atoms with van der Waals surface area (Å²) in [6, 6.07) is 15.4. The molecule has 6 heteroatoms. The Labute approximate surface area is 155 Å². The second kappa shape index (κ2) is 7.23. The second-order valence-electron chi connectivity index (χ2n) is 4.26. The van der Waals surface area contributed by atoms with E-state index in [0.29, 0.717) is 11.8 Å². The molecule has 0 radical (unpaired) electrons. The number of aromatic nitrogens is 2. The molecule has 0 saturated carbocycles. The number of rotatable bonds is 4. The molecule has 2 aromatic carbocycles. The van der Waals surface area contributed by atoms with Crippen molar-refractivity contribution in [2.24, 2.45) is 0 Å². The smallest absolute Gasteiger partial charge is 0.241 e. The van der Waals surface area contributed by atoms with Crippen LogP contribution in [0.2, 0.25) is 0 Å². The van der Waals surface area contributed by atoms with Crippen molar-refractivity contribution in [1.82, 2.24) is 9.97 Å². The van der Waals surface area contributed by atoms with Crippen LogP contribution in [0, 0.1) is 7.14 Å². The first-order valence-electron chi connectivity index (χ1n) is 6.39. The number of benzene rings is 2. The first kappa shape index (κ1) is 15.5. The van der Waals surface area contributed by atoms with E-state index in [1.807, 2.05) is 48.5 Å². The van der Waals surface area contributed by atoms with Crippen LogP contribution >= 0.6 is 45.2 Å². The van der Waals surface area contributed by atoms with Gasteiger partial charge in [-0.2, -0.15) is 4.98 Å². The Morgan fingerprint density at radius 3 is 1.59 bits per heavy atom. The van der Waals surface area contributed by atoms with E-state index in [2.05, 4.69) is 55.1 Å². The van der Waals surface area contributed by atoms with E-state index in [1.165, 1.54) is 0 Å². The zero-order chi connectivity index (χ0) is 15.4. The van der Waals surface area contributed by atoms with Crippen LogP contribution in [0.25, 0.3) is 0 Å². The second-order valence-corrected chi connectivity index (χ2v) is 6.58. The van der Waals surface area contributed by atoms with Gasteiger partial charge in [0, 0.05) is 0 Å². The molecule has 0 amide bonds. The Hall–Kier alpha value is -1.42. The first-order valence-corrected chi connectivity index (χ1v) is 8.55. The van der Waals surface area contributed by atoms with Gasteiger partial charge in [0.1, 0.15) is 11.5 Å². The fourth-order valence-corrected chi connectivity index (χ4v) is 2.70. The Kier molecular flexibility index (Phi) is 5.08. The third-order valence-electron chi connectivity index (χ3n) is 2.69. The lowest BCUT2D eigenvalue weighted by Crippen LogP contribution is -1.95. The predicted molar refractivity (Wildman–Crippen MR) is 100 cm³/mol. The molecule has 0 fully saturated rings. The summed E-state index contributed by atoms with van der Waals surface area (Å²) in [5.74, 6) is 2.27. The van der Waals surface area contributed by atoms with Gasteiger partial charge >= 0.3 is 0 Å². The minimum atomic E-state index is 0.396. The Morgan fingerprint density at radius 2 is 1.14 bits per heavy atom. The van der Waals surface area contributed by atoms with Gasteiger partial charge in [-0.3, -0.25) is 4.98 Å². The van der Waals surface area contributed by atoms with Crippen molar-refractivity contribution in [2.75, 3.05) is 0 Å². The zero-order valence-corrected chi connectivity index (χ0v) is 15.6. The number of para-hydroxylation sites is 2. The summed E-state index contributed by atoms with van der Waals surface area (Å²) in [7, 11) is 0. The summed E-state index contributed by atoms with van der Waals surface area (Å²) in [5, 5.41) is 0. The molecule has 1 heterocycles. The van der Waals surface area contributed by atoms with E-state index in [-0.39, 0.29) is 0 Å². The largest absolute Gasteiger partial charge is 0.436 e. The molecule has 0 spiro atoms. The van der Waals surface area contributed by atoms with E-state index in [4.69, 9.17) is 9.47 Å². The van der Waals surface area contributed by atoms with Gasteiger partial charge in [-0.05, 0) is 69.4 Å². The number of ether oxygens (including phenoxy) is 2. The molecule has 0 aliphatic carbocycles. The van der Waals surface area contributed by atoms with Crippen LogP contribution < -0.4 is 9.47 Å². The average Bonchev–Trinajstić information content (AvgIpc) is 2.52. The molecule has 1 aromatic heterocycles. The Balaban J connectivity index is 1.81. The van der Waals surface area contributed by atoms with Crippen molar-refractivity contribution < 1.29 is 9.47 Å². The van der Waals surface area contributed by atoms with Crippen LogP contribution in [0.3, 0.4) is 0 Å². The topological polar surface area (TPSA) is 44.2 Å². The molecule has 4 nitrogen and oxygen atoms in total.